The molecule has 0 radical (unpaired) electrons. The third-order valence-corrected chi connectivity index (χ3v) is 4.65. The van der Waals surface area contributed by atoms with Crippen molar-refractivity contribution in [3.05, 3.63) is 71.4 Å². The molecule has 2 aromatic rings. The van der Waals surface area contributed by atoms with Crippen molar-refractivity contribution in [2.45, 2.75) is 33.6 Å². The van der Waals surface area contributed by atoms with E-state index in [0.29, 0.717) is 12.1 Å². The zero-order valence-electron chi connectivity index (χ0n) is 17.6. The molecular formula is C24H31N3O2. The molecule has 5 nitrogen and oxygen atoms in total. The van der Waals surface area contributed by atoms with Gasteiger partial charge in [0.15, 0.2) is 0 Å². The third-order valence-electron chi connectivity index (χ3n) is 4.65. The van der Waals surface area contributed by atoms with Gasteiger partial charge in [-0.1, -0.05) is 43.7 Å². The van der Waals surface area contributed by atoms with Crippen LogP contribution in [-0.4, -0.2) is 31.4 Å². The van der Waals surface area contributed by atoms with Crippen LogP contribution in [-0.2, 0) is 4.79 Å². The predicted octanol–water partition coefficient (Wildman–Crippen LogP) is 4.22. The van der Waals surface area contributed by atoms with Crippen molar-refractivity contribution in [2.24, 2.45) is 0 Å². The van der Waals surface area contributed by atoms with E-state index in [0.717, 1.165) is 37.2 Å². The van der Waals surface area contributed by atoms with Crippen molar-refractivity contribution in [1.29, 1.82) is 0 Å². The summed E-state index contributed by atoms with van der Waals surface area (Å²) in [6.45, 7) is 8.67. The molecule has 0 aliphatic carbocycles. The summed E-state index contributed by atoms with van der Waals surface area (Å²) in [7, 11) is 0. The van der Waals surface area contributed by atoms with Crippen LogP contribution in [0, 0.1) is 0 Å². The summed E-state index contributed by atoms with van der Waals surface area (Å²) >= 11 is 0. The highest BCUT2D eigenvalue weighted by Crippen LogP contribution is 2.18. The molecule has 0 saturated carbocycles. The van der Waals surface area contributed by atoms with Crippen LogP contribution in [0.2, 0.25) is 0 Å². The number of amides is 2. The highest BCUT2D eigenvalue weighted by atomic mass is 16.2. The molecule has 0 aliphatic rings. The minimum absolute atomic E-state index is 0.242. The molecule has 2 aromatic carbocycles. The molecule has 0 fully saturated rings. The van der Waals surface area contributed by atoms with Crippen LogP contribution >= 0.6 is 0 Å². The van der Waals surface area contributed by atoms with E-state index in [4.69, 9.17) is 0 Å². The maximum absolute atomic E-state index is 12.7. The Morgan fingerprint density at radius 2 is 1.69 bits per heavy atom. The van der Waals surface area contributed by atoms with Crippen molar-refractivity contribution in [1.82, 2.24) is 10.6 Å². The van der Waals surface area contributed by atoms with Crippen molar-refractivity contribution >= 4 is 23.6 Å². The van der Waals surface area contributed by atoms with Gasteiger partial charge in [-0.25, -0.2) is 0 Å². The summed E-state index contributed by atoms with van der Waals surface area (Å²) in [6.07, 6.45) is 3.61. The lowest BCUT2D eigenvalue weighted by Crippen LogP contribution is -2.35. The Hall–Kier alpha value is -3.08. The summed E-state index contributed by atoms with van der Waals surface area (Å²) in [4.78, 5) is 27.6. The second-order valence-corrected chi connectivity index (χ2v) is 6.75. The zero-order chi connectivity index (χ0) is 21.1. The molecule has 0 spiro atoms. The fourth-order valence-corrected chi connectivity index (χ4v) is 2.98. The monoisotopic (exact) mass is 393 g/mol. The highest BCUT2D eigenvalue weighted by molar-refractivity contribution is 6.05. The first-order valence-corrected chi connectivity index (χ1v) is 10.3. The number of anilines is 1. The molecule has 0 heterocycles. The van der Waals surface area contributed by atoms with Gasteiger partial charge >= 0.3 is 0 Å². The Bertz CT molecular complexity index is 827. The van der Waals surface area contributed by atoms with Gasteiger partial charge < -0.3 is 15.5 Å². The molecular weight excluding hydrogens is 362 g/mol. The van der Waals surface area contributed by atoms with E-state index in [1.165, 1.54) is 0 Å². The van der Waals surface area contributed by atoms with E-state index >= 15 is 0 Å². The van der Waals surface area contributed by atoms with E-state index in [-0.39, 0.29) is 17.5 Å². The number of hydrogen-bond donors (Lipinski definition) is 2. The van der Waals surface area contributed by atoms with Crippen molar-refractivity contribution < 1.29 is 9.59 Å². The average Bonchev–Trinajstić information content (AvgIpc) is 2.75. The molecule has 29 heavy (non-hydrogen) atoms. The smallest absolute Gasteiger partial charge is 0.267 e. The van der Waals surface area contributed by atoms with E-state index in [2.05, 4.69) is 36.3 Å². The predicted molar refractivity (Wildman–Crippen MR) is 120 cm³/mol. The Balaban J connectivity index is 2.29. The maximum Gasteiger partial charge on any atom is 0.267 e. The van der Waals surface area contributed by atoms with Gasteiger partial charge in [0.25, 0.3) is 11.8 Å². The van der Waals surface area contributed by atoms with E-state index in [9.17, 15) is 9.59 Å². The summed E-state index contributed by atoms with van der Waals surface area (Å²) in [6, 6.07) is 16.9. The molecule has 5 heteroatoms. The van der Waals surface area contributed by atoms with Gasteiger partial charge in [0.2, 0.25) is 0 Å². The Morgan fingerprint density at radius 3 is 2.34 bits per heavy atom. The molecule has 154 valence electrons. The van der Waals surface area contributed by atoms with Gasteiger partial charge in [0.1, 0.15) is 5.70 Å². The normalized spacial score (nSPS) is 11.1. The van der Waals surface area contributed by atoms with Gasteiger partial charge in [0, 0.05) is 30.9 Å². The number of carbonyl (C=O) groups is 2. The highest BCUT2D eigenvalue weighted by Gasteiger charge is 2.14. The summed E-state index contributed by atoms with van der Waals surface area (Å²) < 4.78 is 0. The number of benzene rings is 2. The van der Waals surface area contributed by atoms with Crippen molar-refractivity contribution in [3.8, 4) is 0 Å². The minimum Gasteiger partial charge on any atom is -0.372 e. The third kappa shape index (κ3) is 6.79. The van der Waals surface area contributed by atoms with Gasteiger partial charge in [0.05, 0.1) is 0 Å². The number of nitrogens with zero attached hydrogens (tertiary/aromatic N) is 1. The molecule has 0 bridgehead atoms. The standard InChI is InChI=1S/C24H31N3O2/c1-4-7-16-25-24(29)22(26-23(28)20-13-9-8-10-14-20)18-19-12-11-15-21(17-19)27(5-2)6-3/h8-15,17-18H,4-7,16H2,1-3H3,(H,25,29)(H,26,28). The Labute approximate surface area is 173 Å². The average molecular weight is 394 g/mol. The van der Waals surface area contributed by atoms with Crippen LogP contribution in [0.4, 0.5) is 5.69 Å². The van der Waals surface area contributed by atoms with Crippen molar-refractivity contribution in [3.63, 3.8) is 0 Å². The van der Waals surface area contributed by atoms with Crippen LogP contribution in [0.3, 0.4) is 0 Å². The summed E-state index contributed by atoms with van der Waals surface area (Å²) in [5.41, 5.74) is 2.70. The molecule has 0 atom stereocenters. The lowest BCUT2D eigenvalue weighted by atomic mass is 10.1. The van der Waals surface area contributed by atoms with Crippen molar-refractivity contribution in [2.75, 3.05) is 24.5 Å². The van der Waals surface area contributed by atoms with E-state index in [1.807, 2.05) is 30.3 Å². The van der Waals surface area contributed by atoms with Crippen LogP contribution in [0.15, 0.2) is 60.3 Å². The quantitative estimate of drug-likeness (QED) is 0.469. The SMILES string of the molecule is CCCCNC(=O)C(=Cc1cccc(N(CC)CC)c1)NC(=O)c1ccccc1. The van der Waals surface area contributed by atoms with E-state index in [1.54, 1.807) is 30.3 Å². The number of nitrogens with one attached hydrogen (secondary N) is 2. The Kier molecular flexibility index (Phi) is 8.96. The van der Waals surface area contributed by atoms with Gasteiger partial charge in [-0.15, -0.1) is 0 Å². The lowest BCUT2D eigenvalue weighted by Gasteiger charge is -2.21. The fraction of sp³-hybridized carbons (Fsp3) is 0.333. The van der Waals surface area contributed by atoms with Gasteiger partial charge in [-0.2, -0.15) is 0 Å². The van der Waals surface area contributed by atoms with Crippen LogP contribution < -0.4 is 15.5 Å². The zero-order valence-corrected chi connectivity index (χ0v) is 17.6. The fourth-order valence-electron chi connectivity index (χ4n) is 2.98. The topological polar surface area (TPSA) is 61.4 Å². The first-order valence-electron chi connectivity index (χ1n) is 10.3. The molecule has 0 aromatic heterocycles. The summed E-state index contributed by atoms with van der Waals surface area (Å²) in [5.74, 6) is -0.585. The summed E-state index contributed by atoms with van der Waals surface area (Å²) in [5, 5.41) is 5.67. The first-order chi connectivity index (χ1) is 14.1. The lowest BCUT2D eigenvalue weighted by molar-refractivity contribution is -0.117. The van der Waals surface area contributed by atoms with E-state index < -0.39 is 0 Å². The number of hydrogen-bond acceptors (Lipinski definition) is 3. The van der Waals surface area contributed by atoms with Gasteiger partial charge in [-0.3, -0.25) is 9.59 Å². The largest absolute Gasteiger partial charge is 0.372 e. The maximum atomic E-state index is 12.7. The molecule has 2 rings (SSSR count). The molecule has 2 amide bonds. The van der Waals surface area contributed by atoms with Crippen LogP contribution in [0.1, 0.15) is 49.5 Å². The number of carbonyl (C=O) groups excluding carboxylic acids is 2. The Morgan fingerprint density at radius 1 is 0.966 bits per heavy atom. The molecule has 2 N–H and O–H groups in total. The molecule has 0 unspecified atom stereocenters. The second-order valence-electron chi connectivity index (χ2n) is 6.75. The van der Waals surface area contributed by atoms with Crippen LogP contribution in [0.5, 0.6) is 0 Å². The number of rotatable bonds is 10. The second kappa shape index (κ2) is 11.7. The minimum atomic E-state index is -0.303. The number of unbranched alkanes of at least 4 members (excludes halogenated alkanes) is 1. The molecule has 0 aliphatic heterocycles. The first kappa shape index (κ1) is 22.2. The molecule has 0 saturated heterocycles. The van der Waals surface area contributed by atoms with Gasteiger partial charge in [-0.05, 0) is 56.2 Å². The van der Waals surface area contributed by atoms with Crippen LogP contribution in [0.25, 0.3) is 6.08 Å².